The molecule has 0 aromatic carbocycles. The van der Waals surface area contributed by atoms with Gasteiger partial charge in [0, 0.05) is 17.7 Å². The van der Waals surface area contributed by atoms with Crippen molar-refractivity contribution in [3.63, 3.8) is 0 Å². The van der Waals surface area contributed by atoms with Crippen LogP contribution in [-0.2, 0) is 23.8 Å². The van der Waals surface area contributed by atoms with Gasteiger partial charge in [0.25, 0.3) is 0 Å². The summed E-state index contributed by atoms with van der Waals surface area (Å²) in [6.07, 6.45) is 0.511. The number of hydrogen-bond donors (Lipinski definition) is 1. The van der Waals surface area contributed by atoms with E-state index in [2.05, 4.69) is 18.5 Å². The average Bonchev–Trinajstić information content (AvgIpc) is 2.39. The first-order valence-corrected chi connectivity index (χ1v) is 6.33. The second-order valence-electron chi connectivity index (χ2n) is 4.50. The van der Waals surface area contributed by atoms with Crippen LogP contribution in [0.1, 0.15) is 20.8 Å². The Hall–Kier alpha value is -1.66. The van der Waals surface area contributed by atoms with Crippen LogP contribution in [-0.4, -0.2) is 44.0 Å². The van der Waals surface area contributed by atoms with Crippen LogP contribution in [0.25, 0.3) is 0 Å². The van der Waals surface area contributed by atoms with Crippen LogP contribution in [0.15, 0.2) is 24.8 Å². The monoisotopic (exact) mass is 285 g/mol. The Kier molecular flexibility index (Phi) is 9.32. The van der Waals surface area contributed by atoms with Crippen molar-refractivity contribution in [3.8, 4) is 0 Å². The molecule has 0 rings (SSSR count). The molecular formula is C14H23NO5. The molecule has 0 amide bonds. The molecule has 6 heteroatoms. The van der Waals surface area contributed by atoms with Crippen molar-refractivity contribution < 1.29 is 23.8 Å². The average molecular weight is 285 g/mol. The number of ether oxygens (including phenoxy) is 3. The minimum absolute atomic E-state index is 0.0180. The summed E-state index contributed by atoms with van der Waals surface area (Å²) < 4.78 is 15.3. The molecule has 0 heterocycles. The smallest absolute Gasteiger partial charge is 0.333 e. The highest BCUT2D eigenvalue weighted by Gasteiger charge is 2.15. The van der Waals surface area contributed by atoms with Crippen LogP contribution in [0.3, 0.4) is 0 Å². The number of hydrogen-bond acceptors (Lipinski definition) is 6. The molecule has 0 aromatic rings. The predicted octanol–water partition coefficient (Wildman–Crippen LogP) is 1.18. The number of esters is 2. The minimum Gasteiger partial charge on any atom is -0.460 e. The standard InChI is InChI=1S/C14H23NO5/c1-6-13(16)18-7-12(20-9-15-11(4)5)8-19-14(17)10(2)3/h6,11-12,15H,1-2,7-9H2,3-5H3. The van der Waals surface area contributed by atoms with Gasteiger partial charge < -0.3 is 14.2 Å². The van der Waals surface area contributed by atoms with E-state index < -0.39 is 18.0 Å². The van der Waals surface area contributed by atoms with Gasteiger partial charge >= 0.3 is 11.9 Å². The summed E-state index contributed by atoms with van der Waals surface area (Å²) >= 11 is 0. The molecule has 0 aliphatic heterocycles. The van der Waals surface area contributed by atoms with Gasteiger partial charge in [-0.15, -0.1) is 0 Å². The van der Waals surface area contributed by atoms with E-state index in [0.29, 0.717) is 5.57 Å². The molecular weight excluding hydrogens is 262 g/mol. The molecule has 0 aromatic heterocycles. The molecule has 20 heavy (non-hydrogen) atoms. The van der Waals surface area contributed by atoms with Gasteiger partial charge in [-0.1, -0.05) is 13.2 Å². The Bertz CT molecular complexity index is 351. The maximum Gasteiger partial charge on any atom is 0.333 e. The Morgan fingerprint density at radius 3 is 2.35 bits per heavy atom. The minimum atomic E-state index is -0.554. The van der Waals surface area contributed by atoms with Crippen molar-refractivity contribution >= 4 is 11.9 Å². The number of rotatable bonds is 10. The number of nitrogens with one attached hydrogen (secondary N) is 1. The summed E-state index contributed by atoms with van der Waals surface area (Å²) in [5.74, 6) is -1.06. The third-order valence-corrected chi connectivity index (χ3v) is 2.14. The lowest BCUT2D eigenvalue weighted by Gasteiger charge is -2.19. The molecule has 1 atom stereocenters. The lowest BCUT2D eigenvalue weighted by atomic mass is 10.3. The van der Waals surface area contributed by atoms with Crippen LogP contribution in [0.2, 0.25) is 0 Å². The van der Waals surface area contributed by atoms with Gasteiger partial charge in [-0.05, 0) is 20.8 Å². The molecule has 1 unspecified atom stereocenters. The zero-order chi connectivity index (χ0) is 15.5. The molecule has 0 bridgehead atoms. The highest BCUT2D eigenvalue weighted by molar-refractivity contribution is 5.86. The van der Waals surface area contributed by atoms with E-state index in [1.54, 1.807) is 6.92 Å². The van der Waals surface area contributed by atoms with Gasteiger partial charge in [0.2, 0.25) is 0 Å². The van der Waals surface area contributed by atoms with Crippen LogP contribution in [0, 0.1) is 0 Å². The van der Waals surface area contributed by atoms with Crippen LogP contribution in [0.4, 0.5) is 0 Å². The summed E-state index contributed by atoms with van der Waals surface area (Å²) in [6.45, 7) is 12.5. The summed E-state index contributed by atoms with van der Waals surface area (Å²) in [7, 11) is 0. The van der Waals surface area contributed by atoms with E-state index in [0.717, 1.165) is 6.08 Å². The molecule has 6 nitrogen and oxygen atoms in total. The van der Waals surface area contributed by atoms with Crippen molar-refractivity contribution in [2.24, 2.45) is 0 Å². The summed E-state index contributed by atoms with van der Waals surface area (Å²) in [6, 6.07) is 0.254. The number of carbonyl (C=O) groups is 2. The first-order valence-electron chi connectivity index (χ1n) is 6.33. The SMILES string of the molecule is C=CC(=O)OCC(COC(=O)C(=C)C)OCNC(C)C. The quantitative estimate of drug-likeness (QED) is 0.369. The molecule has 0 radical (unpaired) electrons. The van der Waals surface area contributed by atoms with Gasteiger partial charge in [-0.25, -0.2) is 9.59 Å². The fourth-order valence-electron chi connectivity index (χ4n) is 1.00. The third-order valence-electron chi connectivity index (χ3n) is 2.14. The Balaban J connectivity index is 4.22. The Labute approximate surface area is 119 Å². The molecule has 0 fully saturated rings. The van der Waals surface area contributed by atoms with Gasteiger partial charge in [0.15, 0.2) is 0 Å². The van der Waals surface area contributed by atoms with Crippen molar-refractivity contribution in [2.75, 3.05) is 19.9 Å². The first-order chi connectivity index (χ1) is 9.36. The second-order valence-corrected chi connectivity index (χ2v) is 4.50. The zero-order valence-corrected chi connectivity index (χ0v) is 12.3. The first kappa shape index (κ1) is 18.3. The molecule has 0 spiro atoms. The lowest BCUT2D eigenvalue weighted by Crippen LogP contribution is -2.34. The van der Waals surface area contributed by atoms with Gasteiger partial charge in [0.1, 0.15) is 19.3 Å². The van der Waals surface area contributed by atoms with Crippen LogP contribution < -0.4 is 5.32 Å². The third kappa shape index (κ3) is 9.29. The van der Waals surface area contributed by atoms with Crippen molar-refractivity contribution in [3.05, 3.63) is 24.8 Å². The molecule has 114 valence electrons. The van der Waals surface area contributed by atoms with E-state index in [-0.39, 0.29) is 26.0 Å². The largest absolute Gasteiger partial charge is 0.460 e. The highest BCUT2D eigenvalue weighted by atomic mass is 16.6. The van der Waals surface area contributed by atoms with Gasteiger partial charge in [-0.3, -0.25) is 5.32 Å². The maximum atomic E-state index is 11.3. The van der Waals surface area contributed by atoms with Crippen molar-refractivity contribution in [2.45, 2.75) is 32.9 Å². The van der Waals surface area contributed by atoms with E-state index in [4.69, 9.17) is 14.2 Å². The molecule has 0 saturated heterocycles. The van der Waals surface area contributed by atoms with E-state index in [9.17, 15) is 9.59 Å². The summed E-state index contributed by atoms with van der Waals surface area (Å²) in [5, 5.41) is 3.05. The Morgan fingerprint density at radius 1 is 1.25 bits per heavy atom. The van der Waals surface area contributed by atoms with Crippen molar-refractivity contribution in [1.82, 2.24) is 5.32 Å². The second kappa shape index (κ2) is 10.2. The topological polar surface area (TPSA) is 73.9 Å². The van der Waals surface area contributed by atoms with Crippen LogP contribution in [0.5, 0.6) is 0 Å². The van der Waals surface area contributed by atoms with Gasteiger partial charge in [0.05, 0.1) is 6.73 Å². The van der Waals surface area contributed by atoms with Gasteiger partial charge in [-0.2, -0.15) is 0 Å². The van der Waals surface area contributed by atoms with E-state index in [1.807, 2.05) is 13.8 Å². The van der Waals surface area contributed by atoms with Crippen molar-refractivity contribution in [1.29, 1.82) is 0 Å². The normalized spacial score (nSPS) is 11.8. The summed E-state index contributed by atoms with van der Waals surface area (Å²) in [4.78, 5) is 22.3. The fourth-order valence-corrected chi connectivity index (χ4v) is 1.00. The highest BCUT2D eigenvalue weighted by Crippen LogP contribution is 1.99. The lowest BCUT2D eigenvalue weighted by molar-refractivity contribution is -0.150. The molecule has 0 aliphatic carbocycles. The maximum absolute atomic E-state index is 11.3. The molecule has 1 N–H and O–H groups in total. The molecule has 0 aliphatic rings. The zero-order valence-electron chi connectivity index (χ0n) is 12.3. The van der Waals surface area contributed by atoms with E-state index in [1.165, 1.54) is 0 Å². The van der Waals surface area contributed by atoms with Crippen LogP contribution >= 0.6 is 0 Å². The predicted molar refractivity (Wildman–Crippen MR) is 74.9 cm³/mol. The fraction of sp³-hybridized carbons (Fsp3) is 0.571. The summed E-state index contributed by atoms with van der Waals surface area (Å²) in [5.41, 5.74) is 0.298. The number of carbonyl (C=O) groups excluding carboxylic acids is 2. The Morgan fingerprint density at radius 2 is 1.85 bits per heavy atom. The molecule has 0 saturated carbocycles. The van der Waals surface area contributed by atoms with E-state index >= 15 is 0 Å².